The van der Waals surface area contributed by atoms with E-state index in [0.29, 0.717) is 76.9 Å². The molecular formula is C115H124N16O15. The molecule has 0 radical (unpaired) electrons. The molecule has 15 N–H and O–H groups in total. The summed E-state index contributed by atoms with van der Waals surface area (Å²) in [7, 11) is 0. The summed E-state index contributed by atoms with van der Waals surface area (Å²) in [4.78, 5) is 172. The van der Waals surface area contributed by atoms with Crippen LogP contribution in [0.15, 0.2) is 112 Å². The maximum Gasteiger partial charge on any atom is 0.325 e. The summed E-state index contributed by atoms with van der Waals surface area (Å²) in [6.07, 6.45) is 13.5. The lowest BCUT2D eigenvalue weighted by molar-refractivity contribution is -0.141. The molecule has 4 atom stereocenters. The smallest absolute Gasteiger partial charge is 0.325 e. The normalized spacial score (nSPS) is 13.6. The van der Waals surface area contributed by atoms with Crippen LogP contribution in [0.25, 0.3) is 170 Å². The number of nitrogens with zero attached hydrogens (tertiary/aromatic N) is 6. The van der Waals surface area contributed by atoms with Crippen molar-refractivity contribution in [3.63, 3.8) is 0 Å². The Hall–Kier alpha value is -16.9. The molecule has 31 heteroatoms. The van der Waals surface area contributed by atoms with Gasteiger partial charge in [-0.05, 0) is 329 Å². The van der Waals surface area contributed by atoms with Gasteiger partial charge in [0.05, 0.1) is 68.3 Å². The highest BCUT2D eigenvalue weighted by Gasteiger charge is 2.31. The minimum absolute atomic E-state index is 0.0319. The number of hydrogen-bond donors (Lipinski definition) is 15. The van der Waals surface area contributed by atoms with Gasteiger partial charge in [-0.3, -0.25) is 43.2 Å². The summed E-state index contributed by atoms with van der Waals surface area (Å²) < 4.78 is 0. The van der Waals surface area contributed by atoms with Crippen molar-refractivity contribution in [3.8, 4) is 0 Å². The monoisotopic (exact) mass is 1970 g/mol. The Bertz CT molecular complexity index is 7900. The zero-order valence-corrected chi connectivity index (χ0v) is 85.4. The Kier molecular flexibility index (Phi) is 32.6. The number of Topliss-reactive ketones (excluding diaryl/α,β-unsaturated/α-hetero) is 1. The molecule has 31 nitrogen and oxygen atoms in total. The molecule has 754 valence electrons. The zero-order chi connectivity index (χ0) is 106. The maximum atomic E-state index is 12.8. The molecule has 146 heavy (non-hydrogen) atoms. The molecule has 0 aromatic carbocycles. The fourth-order valence-electron chi connectivity index (χ4n) is 18.9. The Balaban J connectivity index is 0.000000184. The largest absolute Gasteiger partial charge is 0.481 e. The van der Waals surface area contributed by atoms with Gasteiger partial charge in [0.2, 0.25) is 23.6 Å². The predicted molar refractivity (Wildman–Crippen MR) is 582 cm³/mol. The third-order valence-corrected chi connectivity index (χ3v) is 27.8. The third-order valence-electron chi connectivity index (χ3n) is 27.8. The van der Waals surface area contributed by atoms with Gasteiger partial charge in [0.1, 0.15) is 30.0 Å². The van der Waals surface area contributed by atoms with E-state index in [0.717, 1.165) is 217 Å². The predicted octanol–water partition coefficient (Wildman–Crippen LogP) is 21.9. The number of H-pyrrole nitrogens is 6. The van der Waals surface area contributed by atoms with E-state index in [-0.39, 0.29) is 69.0 Å². The quantitative estimate of drug-likeness (QED) is 0.0186. The van der Waals surface area contributed by atoms with Gasteiger partial charge in [-0.15, -0.1) is 0 Å². The van der Waals surface area contributed by atoms with Gasteiger partial charge < -0.3 is 81.5 Å². The minimum atomic E-state index is -1.12. The van der Waals surface area contributed by atoms with Crippen LogP contribution in [0.5, 0.6) is 0 Å². The van der Waals surface area contributed by atoms with Gasteiger partial charge in [0.25, 0.3) is 0 Å². The average Bonchev–Trinajstić information content (AvgIpc) is 1.62. The molecule has 0 fully saturated rings. The zero-order valence-electron chi connectivity index (χ0n) is 85.4. The van der Waals surface area contributed by atoms with E-state index in [1.165, 1.54) is 27.7 Å². The first-order valence-corrected chi connectivity index (χ1v) is 48.3. The van der Waals surface area contributed by atoms with Gasteiger partial charge in [0.15, 0.2) is 0 Å². The van der Waals surface area contributed by atoms with Gasteiger partial charge in [-0.1, -0.05) is 75.9 Å². The fourth-order valence-corrected chi connectivity index (χ4v) is 18.9. The van der Waals surface area contributed by atoms with E-state index in [1.807, 2.05) is 167 Å². The summed E-state index contributed by atoms with van der Waals surface area (Å²) in [5.41, 5.74) is 40.8. The standard InChI is InChI=1S/C40H44N6O6.C38H41N5O4.C37H39N5O5/c1-9-25-19(3)29-15-30-21(5)27(11-13-37(47)41-23(7)39(49)50)35(45-30)18-36-28(12-14-38(48)42-24(8)40(51)52)22(6)32(46-36)17-34-26(10-2)20(4)31(44-34)16-33(25)43-29;1-9-25-20(4)29-15-30-23(7)28(13-14-37(45)39-24(8)38(46)47)36(42-30)18-35-27(12-11-19(3)44)22(6)32(43-35)17-34-26(10-2)21(5)31(41-34)16-33(25)40-29;1-8-23-18(3)27-14-28-21(6)26(11-13-36(44)45)34(41-28)17-33-25(10-12-35(43)38-22(7)37(46)47)20(5)30(42-33)16-32-24(9-2)19(4)29(40-32)15-31(23)39-27/h9-10,15-18,23-24,43-44H,1-2,11-14H2,3-8H3,(H,41,47)(H,42,48)(H,49,50)(H,51,52);9-10,15-18,24,40-41H,1-2,11-14H2,3-8H3,(H,39,45)(H,46,47);8-9,14-17,22,39-40H,1-2,10-13H2,3-7H3,(H,38,43)(H,44,45)(H,46,47)/t23-,24-;24-;22-/m000/s1. The Morgan fingerprint density at radius 2 is 0.418 bits per heavy atom. The fraction of sp³-hybridized carbons (Fsp3) is 0.287. The number of carboxylic acid groups (broad SMARTS) is 5. The second-order valence-electron chi connectivity index (χ2n) is 37.4. The highest BCUT2D eigenvalue weighted by Crippen LogP contribution is 2.44. The van der Waals surface area contributed by atoms with Crippen molar-refractivity contribution in [3.05, 3.63) is 247 Å². The van der Waals surface area contributed by atoms with Gasteiger partial charge in [-0.25, -0.2) is 29.9 Å². The van der Waals surface area contributed by atoms with E-state index < -0.39 is 65.8 Å². The molecule has 9 aromatic heterocycles. The van der Waals surface area contributed by atoms with Crippen molar-refractivity contribution in [1.82, 2.24) is 81.1 Å². The van der Waals surface area contributed by atoms with E-state index >= 15 is 0 Å². The number of carbonyl (C=O) groups excluding carboxylic acids is 5. The number of aliphatic carboxylic acids is 5. The highest BCUT2D eigenvalue weighted by atomic mass is 16.4. The second-order valence-corrected chi connectivity index (χ2v) is 37.4. The molecule has 15 heterocycles. The minimum Gasteiger partial charge on any atom is -0.481 e. The lowest BCUT2D eigenvalue weighted by Gasteiger charge is -2.11. The number of allylic oxidation sites excluding steroid dienone is 12. The molecule has 6 aliphatic heterocycles. The van der Waals surface area contributed by atoms with Crippen LogP contribution < -0.4 is 21.3 Å². The van der Waals surface area contributed by atoms with Crippen molar-refractivity contribution < 1.29 is 73.5 Å². The molecule has 0 saturated carbocycles. The lowest BCUT2D eigenvalue weighted by atomic mass is 9.97. The van der Waals surface area contributed by atoms with Crippen molar-refractivity contribution >= 4 is 229 Å². The number of rotatable bonds is 32. The average molecular weight is 1970 g/mol. The topological polar surface area (TPSA) is 492 Å². The van der Waals surface area contributed by atoms with Crippen molar-refractivity contribution in [2.45, 2.75) is 219 Å². The summed E-state index contributed by atoms with van der Waals surface area (Å²) in [5.74, 6) is -6.81. The first-order chi connectivity index (χ1) is 69.3. The van der Waals surface area contributed by atoms with Crippen LogP contribution in [0.1, 0.15) is 288 Å². The number of aromatic nitrogens is 12. The van der Waals surface area contributed by atoms with Gasteiger partial charge >= 0.3 is 29.8 Å². The summed E-state index contributed by atoms with van der Waals surface area (Å²) in [6.45, 7) is 55.6. The second kappa shape index (κ2) is 44.8. The number of hydrogen-bond acceptors (Lipinski definition) is 16. The number of ketones is 1. The van der Waals surface area contributed by atoms with Crippen molar-refractivity contribution in [2.24, 2.45) is 0 Å². The van der Waals surface area contributed by atoms with E-state index in [9.17, 15) is 73.5 Å². The van der Waals surface area contributed by atoms with Crippen LogP contribution in [0, 0.1) is 41.5 Å². The number of fused-ring (bicyclic) bond motifs is 24. The molecule has 9 aromatic rings. The van der Waals surface area contributed by atoms with Crippen molar-refractivity contribution in [1.29, 1.82) is 0 Å². The summed E-state index contributed by atoms with van der Waals surface area (Å²) in [6, 6.07) is 19.7. The van der Waals surface area contributed by atoms with E-state index in [2.05, 4.69) is 110 Å². The highest BCUT2D eigenvalue weighted by molar-refractivity contribution is 6.04. The maximum absolute atomic E-state index is 12.8. The molecule has 0 unspecified atom stereocenters. The van der Waals surface area contributed by atoms with Crippen LogP contribution in [0.4, 0.5) is 0 Å². The molecule has 24 bridgehead atoms. The van der Waals surface area contributed by atoms with Gasteiger partial charge in [0, 0.05) is 138 Å². The van der Waals surface area contributed by atoms with E-state index in [1.54, 1.807) is 13.0 Å². The van der Waals surface area contributed by atoms with Crippen LogP contribution in [-0.4, -0.2) is 169 Å². The number of aromatic amines is 6. The number of amides is 4. The number of carbonyl (C=O) groups is 10. The summed E-state index contributed by atoms with van der Waals surface area (Å²) in [5, 5.41) is 56.7. The molecular weight excluding hydrogens is 1850 g/mol. The number of carboxylic acids is 5. The van der Waals surface area contributed by atoms with E-state index in [4.69, 9.17) is 29.9 Å². The molecule has 15 rings (SSSR count). The van der Waals surface area contributed by atoms with Crippen LogP contribution in [-0.2, 0) is 47.9 Å². The molecule has 6 aliphatic rings. The summed E-state index contributed by atoms with van der Waals surface area (Å²) >= 11 is 0. The SMILES string of the molecule is C=Cc1c(C)c2cc3[nH]c(cc4nc(cc5nc(cc1[nH]2)C(C)=C5CCC(=O)N[C@@H](C)C(=O)O)C(CCC(=O)N[C@@H](C)C(=O)O)=C4C)c(C)c3C=C.C=Cc1c(C)c2cc3[nH]c(cc4nc(cc5nc(cc1[nH]2)C(C)=C5CCC(=O)N[C@@H](C)C(=O)O)C(CCC(=O)O)=C4C)c(C)c3C=C.C=Cc1c(C)c2cc3[nH]c(cc4nc(cc5nc(cc1[nH]2)C(C)=C5CCC(C)=O)C(CCC(=O)N[C@@H](C)C(=O)O)=C4C)c(C)c3C=C. The molecule has 0 aliphatic carbocycles. The van der Waals surface area contributed by atoms with Crippen LogP contribution in [0.2, 0.25) is 0 Å². The van der Waals surface area contributed by atoms with Crippen molar-refractivity contribution in [2.75, 3.05) is 0 Å². The third kappa shape index (κ3) is 22.9. The van der Waals surface area contributed by atoms with Crippen LogP contribution >= 0.6 is 0 Å². The number of aryl methyl sites for hydroxylation is 6. The molecule has 0 saturated heterocycles. The Morgan fingerprint density at radius 1 is 0.253 bits per heavy atom. The molecule has 0 spiro atoms. The van der Waals surface area contributed by atoms with Gasteiger partial charge in [-0.2, -0.15) is 0 Å². The first-order valence-electron chi connectivity index (χ1n) is 48.3. The lowest BCUT2D eigenvalue weighted by Crippen LogP contribution is -2.38. The first kappa shape index (κ1) is 106. The number of nitrogens with one attached hydrogen (secondary N) is 10. The molecule has 4 amide bonds. The Labute approximate surface area is 844 Å². The Morgan fingerprint density at radius 3 is 0.589 bits per heavy atom. The van der Waals surface area contributed by atoms with Crippen LogP contribution in [0.3, 0.4) is 0 Å².